The number of nitrogens with one attached hydrogen (secondary N) is 1. The Kier molecular flexibility index (Phi) is 8.78. The van der Waals surface area contributed by atoms with Crippen molar-refractivity contribution in [2.45, 2.75) is 32.1 Å². The number of amides is 2. The van der Waals surface area contributed by atoms with Gasteiger partial charge in [0.1, 0.15) is 0 Å². The molecule has 1 atom stereocenters. The second kappa shape index (κ2) is 13.1. The number of benzene rings is 4. The molecule has 7 nitrogen and oxygen atoms in total. The number of fused-ring (bicyclic) bond motifs is 1. The quantitative estimate of drug-likeness (QED) is 0.256. The molecule has 4 aromatic rings. The molecule has 1 N–H and O–H groups in total. The third-order valence-corrected chi connectivity index (χ3v) is 8.45. The normalized spacial score (nSPS) is 16.5. The van der Waals surface area contributed by atoms with E-state index in [4.69, 9.17) is 4.99 Å². The van der Waals surface area contributed by atoms with Gasteiger partial charge in [-0.1, -0.05) is 72.8 Å². The van der Waals surface area contributed by atoms with Crippen molar-refractivity contribution in [2.24, 2.45) is 4.99 Å². The predicted octanol–water partition coefficient (Wildman–Crippen LogP) is 6.79. The first kappa shape index (κ1) is 30.9. The van der Waals surface area contributed by atoms with E-state index in [9.17, 15) is 22.8 Å². The summed E-state index contributed by atoms with van der Waals surface area (Å²) in [5, 5.41) is 2.91. The molecule has 46 heavy (non-hydrogen) atoms. The number of carbonyl (C=O) groups excluding carboxylic acids is 2. The van der Waals surface area contributed by atoms with Crippen molar-refractivity contribution in [3.05, 3.63) is 120 Å². The Bertz CT molecular complexity index is 1720. The van der Waals surface area contributed by atoms with Crippen molar-refractivity contribution < 1.29 is 22.8 Å². The van der Waals surface area contributed by atoms with E-state index in [1.807, 2.05) is 59.5 Å². The van der Waals surface area contributed by atoms with Crippen molar-refractivity contribution in [1.29, 1.82) is 0 Å². The van der Waals surface area contributed by atoms with Crippen LogP contribution in [0, 0.1) is 0 Å². The Labute approximate surface area is 266 Å². The molecular formula is C36H34F3N5O2. The molecule has 6 rings (SSSR count). The van der Waals surface area contributed by atoms with Crippen molar-refractivity contribution in [3.8, 4) is 11.1 Å². The highest BCUT2D eigenvalue weighted by Crippen LogP contribution is 2.41. The summed E-state index contributed by atoms with van der Waals surface area (Å²) < 4.78 is 39.0. The Balaban J connectivity index is 1.30. The van der Waals surface area contributed by atoms with Gasteiger partial charge < -0.3 is 20.0 Å². The van der Waals surface area contributed by atoms with Crippen LogP contribution in [-0.2, 0) is 22.3 Å². The molecule has 0 spiro atoms. The number of nitrogens with zero attached hydrogens (tertiary/aromatic N) is 4. The van der Waals surface area contributed by atoms with Crippen molar-refractivity contribution in [1.82, 2.24) is 15.1 Å². The average molecular weight is 626 g/mol. The summed E-state index contributed by atoms with van der Waals surface area (Å²) in [4.78, 5) is 36.7. The van der Waals surface area contributed by atoms with Gasteiger partial charge in [-0.25, -0.2) is 4.99 Å². The first-order valence-corrected chi connectivity index (χ1v) is 15.2. The van der Waals surface area contributed by atoms with Gasteiger partial charge in [-0.2, -0.15) is 13.2 Å². The molecule has 0 aliphatic carbocycles. The number of hydrogen-bond acceptors (Lipinski definition) is 5. The number of rotatable bonds is 6. The summed E-state index contributed by atoms with van der Waals surface area (Å²) in [5.41, 5.74) is 4.51. The fraction of sp³-hybridized carbons (Fsp3) is 0.250. The number of alkyl halides is 3. The van der Waals surface area contributed by atoms with E-state index in [2.05, 4.69) is 39.4 Å². The molecule has 236 valence electrons. The number of aliphatic imine (C=N–C) groups is 1. The molecule has 0 bridgehead atoms. The third-order valence-electron chi connectivity index (χ3n) is 8.45. The van der Waals surface area contributed by atoms with E-state index in [-0.39, 0.29) is 24.8 Å². The zero-order valence-electron chi connectivity index (χ0n) is 25.4. The van der Waals surface area contributed by atoms with E-state index in [1.165, 1.54) is 12.1 Å². The van der Waals surface area contributed by atoms with Gasteiger partial charge >= 0.3 is 6.18 Å². The van der Waals surface area contributed by atoms with E-state index >= 15 is 0 Å². The monoisotopic (exact) mass is 625 g/mol. The molecule has 4 aromatic carbocycles. The molecule has 0 saturated carbocycles. The number of hydrogen-bond donors (Lipinski definition) is 1. The maximum absolute atomic E-state index is 13.5. The fourth-order valence-corrected chi connectivity index (χ4v) is 5.96. The SMILES string of the molecule is CC(=O)N1CCN(C2=Nc3ccccc3C(CC(=O)NCc3ccc(C(F)(F)F)cc3)N2c2ccc(-c3ccccc3)cc2)CC1. The summed E-state index contributed by atoms with van der Waals surface area (Å²) in [6.45, 7) is 3.98. The summed E-state index contributed by atoms with van der Waals surface area (Å²) in [5.74, 6) is 0.495. The molecule has 0 radical (unpaired) electrons. The first-order valence-electron chi connectivity index (χ1n) is 15.2. The van der Waals surface area contributed by atoms with Crippen LogP contribution in [0.4, 0.5) is 24.5 Å². The minimum absolute atomic E-state index is 0.0338. The fourth-order valence-electron chi connectivity index (χ4n) is 5.96. The molecule has 1 saturated heterocycles. The van der Waals surface area contributed by atoms with Crippen molar-refractivity contribution in [2.75, 3.05) is 31.1 Å². The van der Waals surface area contributed by atoms with Gasteiger partial charge in [-0.15, -0.1) is 0 Å². The minimum atomic E-state index is -4.42. The molecular weight excluding hydrogens is 591 g/mol. The van der Waals surface area contributed by atoms with Gasteiger partial charge in [0, 0.05) is 50.9 Å². The number of anilines is 1. The number of para-hydroxylation sites is 1. The Hall–Kier alpha value is -5.12. The third kappa shape index (κ3) is 6.75. The van der Waals surface area contributed by atoms with Crippen LogP contribution in [0.1, 0.15) is 36.1 Å². The van der Waals surface area contributed by atoms with Gasteiger partial charge in [-0.3, -0.25) is 9.59 Å². The summed E-state index contributed by atoms with van der Waals surface area (Å²) in [6, 6.07) is 30.4. The van der Waals surface area contributed by atoms with Crippen LogP contribution in [-0.4, -0.2) is 53.8 Å². The molecule has 10 heteroatoms. The number of halogens is 3. The van der Waals surface area contributed by atoms with Gasteiger partial charge in [0.2, 0.25) is 17.8 Å². The van der Waals surface area contributed by atoms with Crippen LogP contribution < -0.4 is 10.2 Å². The predicted molar refractivity (Wildman–Crippen MR) is 172 cm³/mol. The molecule has 1 unspecified atom stereocenters. The zero-order chi connectivity index (χ0) is 32.3. The van der Waals surface area contributed by atoms with Gasteiger partial charge in [0.15, 0.2) is 0 Å². The lowest BCUT2D eigenvalue weighted by atomic mass is 9.96. The molecule has 2 aliphatic rings. The lowest BCUT2D eigenvalue weighted by molar-refractivity contribution is -0.137. The van der Waals surface area contributed by atoms with Crippen molar-refractivity contribution >= 4 is 29.1 Å². The number of guanidine groups is 1. The Morgan fingerprint density at radius 2 is 1.43 bits per heavy atom. The average Bonchev–Trinajstić information content (AvgIpc) is 3.07. The zero-order valence-corrected chi connectivity index (χ0v) is 25.4. The van der Waals surface area contributed by atoms with E-state index in [1.54, 1.807) is 6.92 Å². The Morgan fingerprint density at radius 1 is 0.804 bits per heavy atom. The summed E-state index contributed by atoms with van der Waals surface area (Å²) in [6.07, 6.45) is -4.33. The lowest BCUT2D eigenvalue weighted by Crippen LogP contribution is -2.56. The maximum atomic E-state index is 13.5. The van der Waals surface area contributed by atoms with Crippen LogP contribution in [0.2, 0.25) is 0 Å². The number of piperazine rings is 1. The second-order valence-corrected chi connectivity index (χ2v) is 11.4. The Morgan fingerprint density at radius 3 is 2.09 bits per heavy atom. The van der Waals surface area contributed by atoms with Crippen LogP contribution in [0.5, 0.6) is 0 Å². The van der Waals surface area contributed by atoms with Crippen molar-refractivity contribution in [3.63, 3.8) is 0 Å². The summed E-state index contributed by atoms with van der Waals surface area (Å²) >= 11 is 0. The van der Waals surface area contributed by atoms with Crippen LogP contribution in [0.25, 0.3) is 11.1 Å². The summed E-state index contributed by atoms with van der Waals surface area (Å²) in [7, 11) is 0. The van der Waals surface area contributed by atoms with Crippen LogP contribution >= 0.6 is 0 Å². The largest absolute Gasteiger partial charge is 0.416 e. The highest BCUT2D eigenvalue weighted by molar-refractivity contribution is 6.01. The smallest absolute Gasteiger partial charge is 0.352 e. The highest BCUT2D eigenvalue weighted by Gasteiger charge is 2.36. The van der Waals surface area contributed by atoms with E-state index < -0.39 is 17.8 Å². The first-order chi connectivity index (χ1) is 22.2. The topological polar surface area (TPSA) is 68.2 Å². The second-order valence-electron chi connectivity index (χ2n) is 11.4. The van der Waals surface area contributed by atoms with Gasteiger partial charge in [0.05, 0.1) is 23.7 Å². The lowest BCUT2D eigenvalue weighted by Gasteiger charge is -2.44. The van der Waals surface area contributed by atoms with Crippen LogP contribution in [0.15, 0.2) is 108 Å². The van der Waals surface area contributed by atoms with E-state index in [0.29, 0.717) is 37.7 Å². The highest BCUT2D eigenvalue weighted by atomic mass is 19.4. The molecule has 0 aromatic heterocycles. The molecule has 2 heterocycles. The van der Waals surface area contributed by atoms with Crippen LogP contribution in [0.3, 0.4) is 0 Å². The van der Waals surface area contributed by atoms with Gasteiger partial charge in [-0.05, 0) is 47.0 Å². The number of carbonyl (C=O) groups is 2. The van der Waals surface area contributed by atoms with E-state index in [0.717, 1.165) is 40.2 Å². The standard InChI is InChI=1S/C36H34F3N5O2/c1-25(45)42-19-21-43(22-20-42)35-41-32-10-6-5-9-31(32)33(23-34(46)40-24-26-11-15-29(16-12-26)36(37,38)39)44(35)30-17-13-28(14-18-30)27-7-3-2-4-8-27/h2-18,33H,19-24H2,1H3,(H,40,46). The molecule has 1 fully saturated rings. The maximum Gasteiger partial charge on any atom is 0.416 e. The molecule has 2 aliphatic heterocycles. The molecule has 2 amide bonds. The van der Waals surface area contributed by atoms with Gasteiger partial charge in [0.25, 0.3) is 0 Å². The minimum Gasteiger partial charge on any atom is -0.352 e.